The summed E-state index contributed by atoms with van der Waals surface area (Å²) >= 11 is 0. The zero-order valence-electron chi connectivity index (χ0n) is 10.7. The van der Waals surface area contributed by atoms with Gasteiger partial charge in [0.1, 0.15) is 0 Å². The van der Waals surface area contributed by atoms with Gasteiger partial charge in [-0.3, -0.25) is 0 Å². The van der Waals surface area contributed by atoms with Crippen LogP contribution in [0.1, 0.15) is 24.9 Å². The molecule has 0 radical (unpaired) electrons. The summed E-state index contributed by atoms with van der Waals surface area (Å²) in [5.41, 5.74) is 6.85. The minimum absolute atomic E-state index is 0.00792. The highest BCUT2D eigenvalue weighted by atomic mass is 16.5. The van der Waals surface area contributed by atoms with Gasteiger partial charge in [-0.1, -0.05) is 6.07 Å². The van der Waals surface area contributed by atoms with E-state index in [1.54, 1.807) is 14.2 Å². The molecule has 0 fully saturated rings. The van der Waals surface area contributed by atoms with Crippen LogP contribution in [0.2, 0.25) is 0 Å². The van der Waals surface area contributed by atoms with Gasteiger partial charge in [-0.05, 0) is 24.6 Å². The molecule has 1 rings (SSSR count). The zero-order chi connectivity index (χ0) is 12.7. The van der Waals surface area contributed by atoms with Gasteiger partial charge in [-0.25, -0.2) is 0 Å². The summed E-state index contributed by atoms with van der Waals surface area (Å²) in [7, 11) is 3.31. The molecule has 0 bridgehead atoms. The summed E-state index contributed by atoms with van der Waals surface area (Å²) < 4.78 is 15.9. The van der Waals surface area contributed by atoms with Crippen LogP contribution in [0.4, 0.5) is 0 Å². The standard InChI is InChI=1S/C13H21NO3/c1-10(14)11-5-6-12(13(9-11)16-3)17-8-4-7-15-2/h5-6,9-10H,4,7-8,14H2,1-3H3/t10-/m0/s1. The van der Waals surface area contributed by atoms with E-state index in [9.17, 15) is 0 Å². The molecule has 4 heteroatoms. The number of hydrogen-bond donors (Lipinski definition) is 1. The van der Waals surface area contributed by atoms with Crippen molar-refractivity contribution in [3.8, 4) is 11.5 Å². The maximum absolute atomic E-state index is 5.81. The first-order chi connectivity index (χ1) is 8.19. The van der Waals surface area contributed by atoms with Crippen LogP contribution in [0.25, 0.3) is 0 Å². The van der Waals surface area contributed by atoms with Gasteiger partial charge < -0.3 is 19.9 Å². The second kappa shape index (κ2) is 7.14. The van der Waals surface area contributed by atoms with Gasteiger partial charge in [0, 0.05) is 26.2 Å². The van der Waals surface area contributed by atoms with E-state index in [0.29, 0.717) is 13.2 Å². The fourth-order valence-corrected chi connectivity index (χ4v) is 1.47. The molecular weight excluding hydrogens is 218 g/mol. The summed E-state index contributed by atoms with van der Waals surface area (Å²) in [5.74, 6) is 1.46. The fraction of sp³-hybridized carbons (Fsp3) is 0.538. The molecule has 1 atom stereocenters. The van der Waals surface area contributed by atoms with Gasteiger partial charge in [0.15, 0.2) is 11.5 Å². The van der Waals surface area contributed by atoms with Gasteiger partial charge in [0.2, 0.25) is 0 Å². The van der Waals surface area contributed by atoms with E-state index >= 15 is 0 Å². The first-order valence-electron chi connectivity index (χ1n) is 5.74. The Morgan fingerprint density at radius 3 is 2.53 bits per heavy atom. The smallest absolute Gasteiger partial charge is 0.161 e. The second-order valence-corrected chi connectivity index (χ2v) is 3.89. The van der Waals surface area contributed by atoms with Crippen LogP contribution in [0.5, 0.6) is 11.5 Å². The third-order valence-corrected chi connectivity index (χ3v) is 2.46. The van der Waals surface area contributed by atoms with Crippen LogP contribution in [0.15, 0.2) is 18.2 Å². The molecule has 0 saturated heterocycles. The summed E-state index contributed by atoms with van der Waals surface area (Å²) in [4.78, 5) is 0. The minimum Gasteiger partial charge on any atom is -0.493 e. The molecule has 2 N–H and O–H groups in total. The van der Waals surface area contributed by atoms with Gasteiger partial charge in [0.25, 0.3) is 0 Å². The van der Waals surface area contributed by atoms with Gasteiger partial charge in [-0.2, -0.15) is 0 Å². The van der Waals surface area contributed by atoms with Crippen molar-refractivity contribution >= 4 is 0 Å². The van der Waals surface area contributed by atoms with Crippen LogP contribution in [0.3, 0.4) is 0 Å². The van der Waals surface area contributed by atoms with E-state index in [1.165, 1.54) is 0 Å². The van der Waals surface area contributed by atoms with Crippen molar-refractivity contribution in [1.82, 2.24) is 0 Å². The Bertz CT molecular complexity index is 339. The molecule has 0 saturated carbocycles. The van der Waals surface area contributed by atoms with Gasteiger partial charge in [0.05, 0.1) is 13.7 Å². The monoisotopic (exact) mass is 239 g/mol. The van der Waals surface area contributed by atoms with E-state index in [4.69, 9.17) is 19.9 Å². The molecule has 1 aromatic carbocycles. The van der Waals surface area contributed by atoms with Crippen LogP contribution in [-0.2, 0) is 4.74 Å². The highest BCUT2D eigenvalue weighted by Gasteiger charge is 2.07. The maximum atomic E-state index is 5.81. The number of ether oxygens (including phenoxy) is 3. The van der Waals surface area contributed by atoms with Crippen molar-refractivity contribution < 1.29 is 14.2 Å². The van der Waals surface area contributed by atoms with Gasteiger partial charge >= 0.3 is 0 Å². The molecule has 96 valence electrons. The van der Waals surface area contributed by atoms with Crippen molar-refractivity contribution in [3.63, 3.8) is 0 Å². The van der Waals surface area contributed by atoms with Crippen LogP contribution >= 0.6 is 0 Å². The number of nitrogens with two attached hydrogens (primary N) is 1. The van der Waals surface area contributed by atoms with Gasteiger partial charge in [-0.15, -0.1) is 0 Å². The van der Waals surface area contributed by atoms with Crippen LogP contribution < -0.4 is 15.2 Å². The number of methoxy groups -OCH3 is 2. The molecule has 1 aromatic rings. The van der Waals surface area contributed by atoms with Crippen molar-refractivity contribution in [1.29, 1.82) is 0 Å². The molecule has 4 nitrogen and oxygen atoms in total. The lowest BCUT2D eigenvalue weighted by Gasteiger charge is -2.13. The lowest BCUT2D eigenvalue weighted by molar-refractivity contribution is 0.170. The molecule has 0 aromatic heterocycles. The normalized spacial score (nSPS) is 12.2. The lowest BCUT2D eigenvalue weighted by Crippen LogP contribution is -2.06. The van der Waals surface area contributed by atoms with E-state index in [1.807, 2.05) is 25.1 Å². The summed E-state index contributed by atoms with van der Waals surface area (Å²) in [6.07, 6.45) is 0.856. The predicted octanol–water partition coefficient (Wildman–Crippen LogP) is 2.13. The van der Waals surface area contributed by atoms with Crippen molar-refractivity contribution in [2.75, 3.05) is 27.4 Å². The topological polar surface area (TPSA) is 53.7 Å². The Morgan fingerprint density at radius 2 is 1.94 bits per heavy atom. The molecule has 0 aliphatic carbocycles. The first-order valence-corrected chi connectivity index (χ1v) is 5.74. The number of hydrogen-bond acceptors (Lipinski definition) is 4. The average Bonchev–Trinajstić information content (AvgIpc) is 2.34. The minimum atomic E-state index is -0.00792. The largest absolute Gasteiger partial charge is 0.493 e. The first kappa shape index (κ1) is 13.8. The summed E-state index contributed by atoms with van der Waals surface area (Å²) in [6, 6.07) is 5.76. The molecule has 0 unspecified atom stereocenters. The third kappa shape index (κ3) is 4.24. The Balaban J connectivity index is 2.65. The molecule has 0 aliphatic heterocycles. The van der Waals surface area contributed by atoms with Crippen LogP contribution in [0, 0.1) is 0 Å². The number of rotatable bonds is 7. The van der Waals surface area contributed by atoms with Crippen molar-refractivity contribution in [2.24, 2.45) is 5.73 Å². The molecule has 0 amide bonds. The van der Waals surface area contributed by atoms with E-state index in [-0.39, 0.29) is 6.04 Å². The Hall–Kier alpha value is -1.26. The second-order valence-electron chi connectivity index (χ2n) is 3.89. The zero-order valence-corrected chi connectivity index (χ0v) is 10.7. The SMILES string of the molecule is COCCCOc1ccc([C@H](C)N)cc1OC. The van der Waals surface area contributed by atoms with E-state index in [2.05, 4.69) is 0 Å². The highest BCUT2D eigenvalue weighted by Crippen LogP contribution is 2.29. The highest BCUT2D eigenvalue weighted by molar-refractivity contribution is 5.43. The molecule has 0 heterocycles. The predicted molar refractivity (Wildman–Crippen MR) is 67.6 cm³/mol. The Labute approximate surface area is 103 Å². The summed E-state index contributed by atoms with van der Waals surface area (Å²) in [5, 5.41) is 0. The lowest BCUT2D eigenvalue weighted by atomic mass is 10.1. The van der Waals surface area contributed by atoms with E-state index in [0.717, 1.165) is 23.5 Å². The Morgan fingerprint density at radius 1 is 1.18 bits per heavy atom. The molecule has 0 aliphatic rings. The summed E-state index contributed by atoms with van der Waals surface area (Å²) in [6.45, 7) is 3.25. The number of benzene rings is 1. The maximum Gasteiger partial charge on any atom is 0.161 e. The Kier molecular flexibility index (Phi) is 5.80. The molecule has 0 spiro atoms. The van der Waals surface area contributed by atoms with Crippen LogP contribution in [-0.4, -0.2) is 27.4 Å². The third-order valence-electron chi connectivity index (χ3n) is 2.46. The fourth-order valence-electron chi connectivity index (χ4n) is 1.47. The quantitative estimate of drug-likeness (QED) is 0.741. The van der Waals surface area contributed by atoms with Crippen molar-refractivity contribution in [3.05, 3.63) is 23.8 Å². The van der Waals surface area contributed by atoms with Crippen molar-refractivity contribution in [2.45, 2.75) is 19.4 Å². The average molecular weight is 239 g/mol. The molecular formula is C13H21NO3. The molecule has 17 heavy (non-hydrogen) atoms. The van der Waals surface area contributed by atoms with E-state index < -0.39 is 0 Å².